The van der Waals surface area contributed by atoms with Gasteiger partial charge in [0.05, 0.1) is 11.7 Å². The van der Waals surface area contributed by atoms with Crippen molar-refractivity contribution < 1.29 is 4.79 Å². The molecule has 2 rings (SSSR count). The Morgan fingerprint density at radius 1 is 1.30 bits per heavy atom. The molecule has 3 N–H and O–H groups in total. The Kier molecular flexibility index (Phi) is 3.85. The summed E-state index contributed by atoms with van der Waals surface area (Å²) in [4.78, 5) is 15.9. The van der Waals surface area contributed by atoms with Crippen LogP contribution in [-0.2, 0) is 4.79 Å². The molecule has 0 radical (unpaired) electrons. The standard InChI is InChI=1S/C14H19N5O/c1-14(2,3)12(15)13(20)18-10-4-6-11(7-5-10)19-9-16-8-17-19/h4-9,12H,15H2,1-3H3,(H,18,20). The van der Waals surface area contributed by atoms with Crippen LogP contribution in [0.4, 0.5) is 5.69 Å². The average Bonchev–Trinajstić information content (AvgIpc) is 2.91. The maximum absolute atomic E-state index is 12.0. The maximum Gasteiger partial charge on any atom is 0.241 e. The number of nitrogens with zero attached hydrogens (tertiary/aromatic N) is 3. The monoisotopic (exact) mass is 273 g/mol. The number of carbonyl (C=O) groups is 1. The number of carbonyl (C=O) groups excluding carboxylic acids is 1. The fourth-order valence-electron chi connectivity index (χ4n) is 1.65. The van der Waals surface area contributed by atoms with Gasteiger partial charge in [0, 0.05) is 5.69 Å². The van der Waals surface area contributed by atoms with Gasteiger partial charge in [-0.2, -0.15) is 5.10 Å². The first kappa shape index (κ1) is 14.2. The lowest BCUT2D eigenvalue weighted by Crippen LogP contribution is -2.45. The van der Waals surface area contributed by atoms with Crippen molar-refractivity contribution in [1.82, 2.24) is 14.8 Å². The molecule has 0 bridgehead atoms. The Morgan fingerprint density at radius 2 is 1.95 bits per heavy atom. The third-order valence-corrected chi connectivity index (χ3v) is 3.03. The lowest BCUT2D eigenvalue weighted by molar-refractivity contribution is -0.119. The fourth-order valence-corrected chi connectivity index (χ4v) is 1.65. The van der Waals surface area contributed by atoms with Crippen LogP contribution in [0, 0.1) is 5.41 Å². The molecule has 0 aliphatic carbocycles. The van der Waals surface area contributed by atoms with Gasteiger partial charge in [-0.3, -0.25) is 4.79 Å². The first-order valence-corrected chi connectivity index (χ1v) is 6.39. The van der Waals surface area contributed by atoms with Crippen LogP contribution in [0.5, 0.6) is 0 Å². The first-order chi connectivity index (χ1) is 9.38. The van der Waals surface area contributed by atoms with Crippen LogP contribution in [-0.4, -0.2) is 26.7 Å². The molecule has 0 saturated carbocycles. The van der Waals surface area contributed by atoms with Crippen LogP contribution in [0.3, 0.4) is 0 Å². The molecule has 0 spiro atoms. The Morgan fingerprint density at radius 3 is 2.45 bits per heavy atom. The lowest BCUT2D eigenvalue weighted by atomic mass is 9.87. The van der Waals surface area contributed by atoms with Crippen molar-refractivity contribution in [3.8, 4) is 5.69 Å². The number of anilines is 1. The highest BCUT2D eigenvalue weighted by atomic mass is 16.2. The van der Waals surface area contributed by atoms with E-state index in [9.17, 15) is 4.79 Å². The van der Waals surface area contributed by atoms with Gasteiger partial charge in [0.25, 0.3) is 0 Å². The average molecular weight is 273 g/mol. The molecule has 1 heterocycles. The topological polar surface area (TPSA) is 85.8 Å². The van der Waals surface area contributed by atoms with E-state index in [4.69, 9.17) is 5.73 Å². The van der Waals surface area contributed by atoms with E-state index in [0.717, 1.165) is 5.69 Å². The largest absolute Gasteiger partial charge is 0.325 e. The second-order valence-electron chi connectivity index (χ2n) is 5.72. The minimum atomic E-state index is -0.558. The molecule has 0 aliphatic heterocycles. The van der Waals surface area contributed by atoms with Gasteiger partial charge in [-0.15, -0.1) is 0 Å². The number of hydrogen-bond donors (Lipinski definition) is 2. The molecule has 0 fully saturated rings. The molecule has 6 heteroatoms. The highest BCUT2D eigenvalue weighted by Crippen LogP contribution is 2.19. The van der Waals surface area contributed by atoms with Crippen LogP contribution in [0.1, 0.15) is 20.8 Å². The zero-order valence-electron chi connectivity index (χ0n) is 11.9. The van der Waals surface area contributed by atoms with Crippen LogP contribution < -0.4 is 11.1 Å². The summed E-state index contributed by atoms with van der Waals surface area (Å²) in [5.41, 5.74) is 7.22. The summed E-state index contributed by atoms with van der Waals surface area (Å²) in [6.45, 7) is 5.81. The minimum absolute atomic E-state index is 0.189. The summed E-state index contributed by atoms with van der Waals surface area (Å²) in [5.74, 6) is -0.189. The number of benzene rings is 1. The number of amides is 1. The maximum atomic E-state index is 12.0. The summed E-state index contributed by atoms with van der Waals surface area (Å²) in [6, 6.07) is 6.77. The Labute approximate surface area is 118 Å². The number of aromatic nitrogens is 3. The molecule has 1 aromatic carbocycles. The van der Waals surface area contributed by atoms with Gasteiger partial charge in [-0.05, 0) is 29.7 Å². The van der Waals surface area contributed by atoms with Gasteiger partial charge in [-0.1, -0.05) is 20.8 Å². The summed E-state index contributed by atoms with van der Waals surface area (Å²) in [6.07, 6.45) is 3.08. The van der Waals surface area contributed by atoms with Crippen molar-refractivity contribution in [1.29, 1.82) is 0 Å². The van der Waals surface area contributed by atoms with E-state index >= 15 is 0 Å². The molecule has 1 unspecified atom stereocenters. The van der Waals surface area contributed by atoms with Crippen LogP contribution >= 0.6 is 0 Å². The van der Waals surface area contributed by atoms with Gasteiger partial charge < -0.3 is 11.1 Å². The second kappa shape index (κ2) is 5.42. The van der Waals surface area contributed by atoms with Crippen molar-refractivity contribution in [2.24, 2.45) is 11.1 Å². The second-order valence-corrected chi connectivity index (χ2v) is 5.72. The normalized spacial score (nSPS) is 13.0. The molecule has 1 amide bonds. The van der Waals surface area contributed by atoms with E-state index in [1.54, 1.807) is 11.0 Å². The van der Waals surface area contributed by atoms with Crippen molar-refractivity contribution in [2.45, 2.75) is 26.8 Å². The molecular weight excluding hydrogens is 254 g/mol. The van der Waals surface area contributed by atoms with Crippen LogP contribution in [0.15, 0.2) is 36.9 Å². The fraction of sp³-hybridized carbons (Fsp3) is 0.357. The smallest absolute Gasteiger partial charge is 0.241 e. The third kappa shape index (κ3) is 3.21. The summed E-state index contributed by atoms with van der Waals surface area (Å²) < 4.78 is 1.65. The first-order valence-electron chi connectivity index (χ1n) is 6.39. The van der Waals surface area contributed by atoms with Gasteiger partial charge >= 0.3 is 0 Å². The molecule has 0 aliphatic rings. The Hall–Kier alpha value is -2.21. The van der Waals surface area contributed by atoms with Gasteiger partial charge in [0.15, 0.2) is 0 Å². The van der Waals surface area contributed by atoms with Gasteiger partial charge in [0.2, 0.25) is 5.91 Å². The zero-order valence-corrected chi connectivity index (χ0v) is 11.9. The van der Waals surface area contributed by atoms with Crippen LogP contribution in [0.25, 0.3) is 5.69 Å². The van der Waals surface area contributed by atoms with Crippen LogP contribution in [0.2, 0.25) is 0 Å². The highest BCUT2D eigenvalue weighted by molar-refractivity contribution is 5.95. The molecule has 6 nitrogen and oxygen atoms in total. The van der Waals surface area contributed by atoms with Gasteiger partial charge in [-0.25, -0.2) is 9.67 Å². The SMILES string of the molecule is CC(C)(C)C(N)C(=O)Nc1ccc(-n2cncn2)cc1. The van der Waals surface area contributed by atoms with E-state index in [1.165, 1.54) is 6.33 Å². The number of rotatable bonds is 3. The van der Waals surface area contributed by atoms with E-state index in [2.05, 4.69) is 15.4 Å². The lowest BCUT2D eigenvalue weighted by Gasteiger charge is -2.25. The zero-order chi connectivity index (χ0) is 14.8. The molecule has 1 aromatic heterocycles. The minimum Gasteiger partial charge on any atom is -0.325 e. The van der Waals surface area contributed by atoms with Gasteiger partial charge in [0.1, 0.15) is 12.7 Å². The molecular formula is C14H19N5O. The summed E-state index contributed by atoms with van der Waals surface area (Å²) in [5, 5.41) is 6.85. The number of nitrogens with one attached hydrogen (secondary N) is 1. The van der Waals surface area contributed by atoms with Crippen molar-refractivity contribution >= 4 is 11.6 Å². The summed E-state index contributed by atoms with van der Waals surface area (Å²) >= 11 is 0. The van der Waals surface area contributed by atoms with E-state index < -0.39 is 6.04 Å². The quantitative estimate of drug-likeness (QED) is 0.889. The number of hydrogen-bond acceptors (Lipinski definition) is 4. The third-order valence-electron chi connectivity index (χ3n) is 3.03. The Bertz CT molecular complexity index is 569. The molecule has 1 atom stereocenters. The van der Waals surface area contributed by atoms with E-state index in [0.29, 0.717) is 5.69 Å². The van der Waals surface area contributed by atoms with E-state index in [-0.39, 0.29) is 11.3 Å². The van der Waals surface area contributed by atoms with Crippen molar-refractivity contribution in [3.63, 3.8) is 0 Å². The van der Waals surface area contributed by atoms with E-state index in [1.807, 2.05) is 45.0 Å². The predicted octanol–water partition coefficient (Wildman–Crippen LogP) is 1.58. The molecule has 2 aromatic rings. The predicted molar refractivity (Wildman–Crippen MR) is 77.4 cm³/mol. The molecule has 20 heavy (non-hydrogen) atoms. The Balaban J connectivity index is 2.06. The number of nitrogens with two attached hydrogens (primary N) is 1. The highest BCUT2D eigenvalue weighted by Gasteiger charge is 2.27. The molecule has 106 valence electrons. The molecule has 0 saturated heterocycles. The summed E-state index contributed by atoms with van der Waals surface area (Å²) in [7, 11) is 0. The van der Waals surface area contributed by atoms with Crippen molar-refractivity contribution in [2.75, 3.05) is 5.32 Å². The van der Waals surface area contributed by atoms with Crippen molar-refractivity contribution in [3.05, 3.63) is 36.9 Å².